The zero-order valence-corrected chi connectivity index (χ0v) is 20.2. The van der Waals surface area contributed by atoms with Gasteiger partial charge in [-0.1, -0.05) is 51.0 Å². The maximum absolute atomic E-state index is 11.0. The lowest BCUT2D eigenvalue weighted by molar-refractivity contribution is -0.225. The van der Waals surface area contributed by atoms with E-state index in [1.807, 2.05) is 28.9 Å². The highest BCUT2D eigenvalue weighted by molar-refractivity contribution is 5.73. The minimum absolute atomic E-state index is 0.192. The molecule has 0 saturated carbocycles. The summed E-state index contributed by atoms with van der Waals surface area (Å²) in [6.45, 7) is 4.75. The number of rotatable bonds is 12. The van der Waals surface area contributed by atoms with E-state index in [1.54, 1.807) is 26.5 Å². The van der Waals surface area contributed by atoms with Gasteiger partial charge in [0.25, 0.3) is 0 Å². The Balaban J connectivity index is 1.89. The van der Waals surface area contributed by atoms with E-state index in [9.17, 15) is 4.79 Å². The smallest absolute Gasteiger partial charge is 0.449 e. The number of unbranched alkanes of at least 4 members (excludes halogenated alkanes) is 1. The van der Waals surface area contributed by atoms with Crippen LogP contribution >= 0.6 is 0 Å². The molecule has 0 amide bonds. The molecule has 1 aromatic carbocycles. The zero-order valence-electron chi connectivity index (χ0n) is 20.2. The van der Waals surface area contributed by atoms with Crippen molar-refractivity contribution in [1.29, 1.82) is 0 Å². The van der Waals surface area contributed by atoms with Crippen LogP contribution in [0.2, 0.25) is 0 Å². The van der Waals surface area contributed by atoms with Gasteiger partial charge < -0.3 is 19.3 Å². The lowest BCUT2D eigenvalue weighted by atomic mass is 10.0. The Labute approximate surface area is 199 Å². The normalized spacial score (nSPS) is 11.5. The molecule has 0 bridgehead atoms. The van der Waals surface area contributed by atoms with Gasteiger partial charge in [0.05, 0.1) is 12.7 Å². The van der Waals surface area contributed by atoms with Crippen LogP contribution in [-0.2, 0) is 28.2 Å². The van der Waals surface area contributed by atoms with Crippen LogP contribution in [0.25, 0.3) is 11.1 Å². The number of aryl methyl sites for hydroxylation is 1. The van der Waals surface area contributed by atoms with Crippen molar-refractivity contribution in [3.63, 3.8) is 0 Å². The number of pyridine rings is 1. The first-order valence-electron chi connectivity index (χ1n) is 11.4. The summed E-state index contributed by atoms with van der Waals surface area (Å²) in [4.78, 5) is 19.7. The molecule has 2 heterocycles. The summed E-state index contributed by atoms with van der Waals surface area (Å²) < 4.78 is 18.2. The minimum Gasteiger partial charge on any atom is -0.449 e. The van der Waals surface area contributed by atoms with Crippen LogP contribution in [0, 0.1) is 0 Å². The number of benzene rings is 1. The predicted octanol–water partition coefficient (Wildman–Crippen LogP) is 5.03. The fourth-order valence-electron chi connectivity index (χ4n) is 3.85. The Kier molecular flexibility index (Phi) is 8.72. The zero-order chi connectivity index (χ0) is 24.6. The molecule has 0 aliphatic heterocycles. The number of methoxy groups -OCH3 is 2. The second kappa shape index (κ2) is 11.7. The maximum atomic E-state index is 11.0. The van der Waals surface area contributed by atoms with E-state index < -0.39 is 11.9 Å². The van der Waals surface area contributed by atoms with Gasteiger partial charge in [-0.15, -0.1) is 5.10 Å². The van der Waals surface area contributed by atoms with Crippen LogP contribution in [-0.4, -0.2) is 45.2 Å². The Morgan fingerprint density at radius 1 is 1.09 bits per heavy atom. The summed E-state index contributed by atoms with van der Waals surface area (Å²) in [5, 5.41) is 13.8. The first kappa shape index (κ1) is 25.3. The van der Waals surface area contributed by atoms with E-state index in [0.29, 0.717) is 24.4 Å². The summed E-state index contributed by atoms with van der Waals surface area (Å²) in [6, 6.07) is 9.54. The minimum atomic E-state index is -1.38. The van der Waals surface area contributed by atoms with E-state index in [2.05, 4.69) is 18.8 Å². The molecule has 2 aromatic heterocycles. The highest BCUT2D eigenvalue weighted by Gasteiger charge is 2.36. The van der Waals surface area contributed by atoms with Crippen molar-refractivity contribution in [3.8, 4) is 16.9 Å². The second-order valence-corrected chi connectivity index (χ2v) is 7.96. The Morgan fingerprint density at radius 3 is 2.44 bits per heavy atom. The van der Waals surface area contributed by atoms with Crippen molar-refractivity contribution < 1.29 is 24.1 Å². The van der Waals surface area contributed by atoms with Gasteiger partial charge in [-0.2, -0.15) is 0 Å². The van der Waals surface area contributed by atoms with E-state index >= 15 is 0 Å². The van der Waals surface area contributed by atoms with Crippen molar-refractivity contribution in [2.24, 2.45) is 0 Å². The van der Waals surface area contributed by atoms with Crippen molar-refractivity contribution in [1.82, 2.24) is 19.7 Å². The third-order valence-electron chi connectivity index (χ3n) is 5.66. The van der Waals surface area contributed by atoms with Crippen molar-refractivity contribution in [3.05, 3.63) is 59.9 Å². The van der Waals surface area contributed by atoms with Crippen LogP contribution in [0.1, 0.15) is 56.7 Å². The average Bonchev–Trinajstić information content (AvgIpc) is 3.24. The molecular weight excluding hydrogens is 436 g/mol. The Bertz CT molecular complexity index is 1080. The lowest BCUT2D eigenvalue weighted by Gasteiger charge is -2.27. The monoisotopic (exact) mass is 468 g/mol. The van der Waals surface area contributed by atoms with Gasteiger partial charge >= 0.3 is 6.16 Å². The highest BCUT2D eigenvalue weighted by atomic mass is 16.7. The van der Waals surface area contributed by atoms with Crippen molar-refractivity contribution in [2.75, 3.05) is 14.2 Å². The number of aromatic nitrogens is 4. The third-order valence-corrected chi connectivity index (χ3v) is 5.66. The SMILES string of the molecule is CCCCc1nc(C(CCC)(OC)OC)nn1Cc1ccc(-c2ccncc2OC(=O)O)cc1. The molecule has 3 aromatic rings. The number of hydrogen-bond acceptors (Lipinski definition) is 7. The quantitative estimate of drug-likeness (QED) is 0.291. The largest absolute Gasteiger partial charge is 0.511 e. The molecule has 3 rings (SSSR count). The van der Waals surface area contributed by atoms with Gasteiger partial charge in [-0.3, -0.25) is 4.98 Å². The Hall–Kier alpha value is -3.30. The van der Waals surface area contributed by atoms with Crippen LogP contribution in [0.5, 0.6) is 5.75 Å². The van der Waals surface area contributed by atoms with E-state index in [-0.39, 0.29) is 5.75 Å². The molecule has 1 N–H and O–H groups in total. The molecule has 0 aliphatic rings. The number of carboxylic acid groups (broad SMARTS) is 1. The molecule has 182 valence electrons. The molecular formula is C25H32N4O5. The Morgan fingerprint density at radius 2 is 1.82 bits per heavy atom. The molecule has 0 unspecified atom stereocenters. The second-order valence-electron chi connectivity index (χ2n) is 7.96. The van der Waals surface area contributed by atoms with Gasteiger partial charge in [0, 0.05) is 38.8 Å². The highest BCUT2D eigenvalue weighted by Crippen LogP contribution is 2.31. The first-order valence-corrected chi connectivity index (χ1v) is 11.4. The molecule has 0 radical (unpaired) electrons. The molecule has 9 nitrogen and oxygen atoms in total. The van der Waals surface area contributed by atoms with Crippen molar-refractivity contribution >= 4 is 6.16 Å². The molecule has 9 heteroatoms. The summed E-state index contributed by atoms with van der Waals surface area (Å²) in [6.07, 6.45) is 6.00. The molecule has 0 atom stereocenters. The van der Waals surface area contributed by atoms with Crippen molar-refractivity contribution in [2.45, 2.75) is 58.3 Å². The van der Waals surface area contributed by atoms with Gasteiger partial charge in [-0.05, 0) is 23.6 Å². The van der Waals surface area contributed by atoms with Gasteiger partial charge in [0.2, 0.25) is 11.6 Å². The molecule has 0 spiro atoms. The van der Waals surface area contributed by atoms with E-state index in [1.165, 1.54) is 6.20 Å². The fraction of sp³-hybridized carbons (Fsp3) is 0.440. The summed E-state index contributed by atoms with van der Waals surface area (Å²) in [7, 11) is 3.23. The van der Waals surface area contributed by atoms with Gasteiger partial charge in [-0.25, -0.2) is 14.5 Å². The number of nitrogens with zero attached hydrogens (tertiary/aromatic N) is 4. The topological polar surface area (TPSA) is 109 Å². The van der Waals surface area contributed by atoms with Gasteiger partial charge in [0.1, 0.15) is 5.82 Å². The molecule has 0 fully saturated rings. The first-order chi connectivity index (χ1) is 16.5. The summed E-state index contributed by atoms with van der Waals surface area (Å²) in [5.41, 5.74) is 2.51. The van der Waals surface area contributed by atoms with E-state index in [0.717, 1.165) is 42.6 Å². The fourth-order valence-corrected chi connectivity index (χ4v) is 3.85. The molecule has 34 heavy (non-hydrogen) atoms. The summed E-state index contributed by atoms with van der Waals surface area (Å²) in [5.74, 6) is 0.653. The van der Waals surface area contributed by atoms with Crippen LogP contribution in [0.15, 0.2) is 42.7 Å². The van der Waals surface area contributed by atoms with Crippen LogP contribution in [0.3, 0.4) is 0 Å². The third kappa shape index (κ3) is 5.78. The van der Waals surface area contributed by atoms with Gasteiger partial charge in [0.15, 0.2) is 5.75 Å². The maximum Gasteiger partial charge on any atom is 0.511 e. The molecule has 0 saturated heterocycles. The standard InChI is InChI=1S/C25H32N4O5/c1-5-7-8-22-27-23(25(32-3,33-4)14-6-2)28-29(22)17-18-9-11-19(12-10-18)20-13-15-26-16-21(20)34-24(30)31/h9-13,15-16H,5-8,14,17H2,1-4H3,(H,30,31). The summed E-state index contributed by atoms with van der Waals surface area (Å²) >= 11 is 0. The number of hydrogen-bond donors (Lipinski definition) is 1. The van der Waals surface area contributed by atoms with Crippen LogP contribution in [0.4, 0.5) is 4.79 Å². The lowest BCUT2D eigenvalue weighted by Crippen LogP contribution is -2.32. The average molecular weight is 469 g/mol. The predicted molar refractivity (Wildman–Crippen MR) is 127 cm³/mol. The molecule has 0 aliphatic carbocycles. The van der Waals surface area contributed by atoms with Crippen LogP contribution < -0.4 is 4.74 Å². The van der Waals surface area contributed by atoms with E-state index in [4.69, 9.17) is 29.4 Å². The number of ether oxygens (including phenoxy) is 3. The number of carbonyl (C=O) groups is 1.